The molecule has 0 radical (unpaired) electrons. The van der Waals surface area contributed by atoms with Crippen LogP contribution in [-0.4, -0.2) is 29.9 Å². The minimum Gasteiger partial charge on any atom is -0.285 e. The average molecular weight is 394 g/mol. The molecule has 146 valence electrons. The number of nitrogens with one attached hydrogen (secondary N) is 1. The molecule has 1 saturated carbocycles. The Kier molecular flexibility index (Phi) is 3.90. The van der Waals surface area contributed by atoms with Crippen molar-refractivity contribution in [3.63, 3.8) is 0 Å². The average Bonchev–Trinajstić information content (AvgIpc) is 3.44. The first-order valence-corrected chi connectivity index (χ1v) is 9.66. The zero-order valence-corrected chi connectivity index (χ0v) is 16.4. The van der Waals surface area contributed by atoms with Crippen LogP contribution in [0.4, 0.5) is 0 Å². The van der Waals surface area contributed by atoms with Gasteiger partial charge in [-0.05, 0) is 44.0 Å². The Morgan fingerprint density at radius 2 is 2.10 bits per heavy atom. The van der Waals surface area contributed by atoms with Crippen molar-refractivity contribution in [3.05, 3.63) is 49.1 Å². The molecule has 0 aliphatic heterocycles. The minimum absolute atomic E-state index is 0.316. The fourth-order valence-corrected chi connectivity index (χ4v) is 4.52. The Bertz CT molecular complexity index is 1310. The number of rotatable bonds is 4. The number of aromatic nitrogens is 6. The van der Waals surface area contributed by atoms with Crippen LogP contribution in [0.5, 0.6) is 0 Å². The van der Waals surface area contributed by atoms with Gasteiger partial charge in [0.15, 0.2) is 0 Å². The number of nitrogens with zero attached hydrogens (tertiary/aromatic N) is 7. The Morgan fingerprint density at radius 1 is 1.23 bits per heavy atom. The predicted octanol–water partition coefficient (Wildman–Crippen LogP) is 3.82. The molecule has 0 spiro atoms. The number of hydrogen-bond acceptors (Lipinski definition) is 6. The molecule has 0 saturated heterocycles. The number of aromatic amines is 1. The third-order valence-electron chi connectivity index (χ3n) is 5.83. The van der Waals surface area contributed by atoms with E-state index in [0.29, 0.717) is 25.0 Å². The van der Waals surface area contributed by atoms with Gasteiger partial charge in [0.25, 0.3) is 0 Å². The van der Waals surface area contributed by atoms with E-state index in [9.17, 15) is 10.5 Å². The molecule has 1 fully saturated rings. The zero-order valence-electron chi connectivity index (χ0n) is 16.4. The van der Waals surface area contributed by atoms with E-state index in [4.69, 9.17) is 10.1 Å². The van der Waals surface area contributed by atoms with Gasteiger partial charge in [0.1, 0.15) is 11.4 Å². The van der Waals surface area contributed by atoms with E-state index < -0.39 is 11.0 Å². The highest BCUT2D eigenvalue weighted by Gasteiger charge is 2.54. The summed E-state index contributed by atoms with van der Waals surface area (Å²) in [6.07, 6.45) is 8.68. The summed E-state index contributed by atoms with van der Waals surface area (Å²) in [5.41, 5.74) is 3.01. The van der Waals surface area contributed by atoms with E-state index in [2.05, 4.69) is 27.3 Å². The summed E-state index contributed by atoms with van der Waals surface area (Å²) in [7, 11) is 0. The highest BCUT2D eigenvalue weighted by molar-refractivity contribution is 5.93. The van der Waals surface area contributed by atoms with Gasteiger partial charge in [0.05, 0.1) is 46.9 Å². The molecule has 4 aromatic heterocycles. The molecule has 5 rings (SSSR count). The van der Waals surface area contributed by atoms with Crippen molar-refractivity contribution in [3.8, 4) is 34.8 Å². The summed E-state index contributed by atoms with van der Waals surface area (Å²) < 4.78 is 1.85. The third kappa shape index (κ3) is 2.73. The molecule has 1 aliphatic carbocycles. The third-order valence-corrected chi connectivity index (χ3v) is 5.83. The smallest absolute Gasteiger partial charge is 0.111 e. The Hall–Kier alpha value is -4.04. The monoisotopic (exact) mass is 394 g/mol. The zero-order chi connectivity index (χ0) is 20.8. The molecule has 0 amide bonds. The first-order chi connectivity index (χ1) is 14.6. The van der Waals surface area contributed by atoms with Crippen molar-refractivity contribution in [2.24, 2.45) is 5.41 Å². The van der Waals surface area contributed by atoms with Gasteiger partial charge >= 0.3 is 0 Å². The second-order valence-electron chi connectivity index (χ2n) is 8.14. The predicted molar refractivity (Wildman–Crippen MR) is 109 cm³/mol. The number of nitriles is 2. The SMILES string of the molecule is C[C@]1(C#N)C[C@](CC#N)(n2ccc(-c3nc(-c4cn[nH]c4)cc4ncccc34)n2)C1. The number of pyridine rings is 2. The van der Waals surface area contributed by atoms with Crippen LogP contribution in [0.3, 0.4) is 0 Å². The lowest BCUT2D eigenvalue weighted by Gasteiger charge is -2.50. The lowest BCUT2D eigenvalue weighted by atomic mass is 9.58. The molecular weight excluding hydrogens is 376 g/mol. The summed E-state index contributed by atoms with van der Waals surface area (Å²) >= 11 is 0. The minimum atomic E-state index is -0.451. The maximum absolute atomic E-state index is 9.43. The van der Waals surface area contributed by atoms with Gasteiger partial charge in [-0.2, -0.15) is 20.7 Å². The molecule has 1 N–H and O–H groups in total. The normalized spacial score (nSPS) is 22.9. The van der Waals surface area contributed by atoms with Gasteiger partial charge < -0.3 is 0 Å². The van der Waals surface area contributed by atoms with Crippen LogP contribution in [0.25, 0.3) is 33.5 Å². The van der Waals surface area contributed by atoms with E-state index in [0.717, 1.165) is 27.9 Å². The number of fused-ring (bicyclic) bond motifs is 1. The van der Waals surface area contributed by atoms with Gasteiger partial charge in [-0.3, -0.25) is 14.8 Å². The number of hydrogen-bond donors (Lipinski definition) is 1. The van der Waals surface area contributed by atoms with Crippen molar-refractivity contribution in [2.45, 2.75) is 31.7 Å². The fourth-order valence-electron chi connectivity index (χ4n) is 4.52. The van der Waals surface area contributed by atoms with Gasteiger partial charge in [-0.25, -0.2) is 4.98 Å². The van der Waals surface area contributed by atoms with Gasteiger partial charge in [0, 0.05) is 29.5 Å². The number of H-pyrrole nitrogens is 1. The molecule has 0 aromatic carbocycles. The van der Waals surface area contributed by atoms with Gasteiger partial charge in [0.2, 0.25) is 0 Å². The van der Waals surface area contributed by atoms with Gasteiger partial charge in [-0.15, -0.1) is 0 Å². The van der Waals surface area contributed by atoms with Crippen LogP contribution >= 0.6 is 0 Å². The summed E-state index contributed by atoms with van der Waals surface area (Å²) in [5.74, 6) is 0. The van der Waals surface area contributed by atoms with Crippen molar-refractivity contribution >= 4 is 10.9 Å². The molecule has 8 heteroatoms. The summed E-state index contributed by atoms with van der Waals surface area (Å²) in [5, 5.41) is 31.3. The van der Waals surface area contributed by atoms with E-state index in [-0.39, 0.29) is 0 Å². The standard InChI is InChI=1S/C22H18N8/c1-21(14-24)12-22(13-21,5-6-23)30-8-4-17(29-30)20-16-3-2-7-25-19(16)9-18(28-20)15-10-26-27-11-15/h2-4,7-11H,5,12-13H2,1H3,(H,26,27)/t21-,22-. The molecule has 0 unspecified atom stereocenters. The van der Waals surface area contributed by atoms with Crippen molar-refractivity contribution in [2.75, 3.05) is 0 Å². The van der Waals surface area contributed by atoms with Crippen LogP contribution in [0.2, 0.25) is 0 Å². The molecule has 30 heavy (non-hydrogen) atoms. The molecule has 4 aromatic rings. The van der Waals surface area contributed by atoms with Crippen molar-refractivity contribution in [1.82, 2.24) is 29.9 Å². The van der Waals surface area contributed by atoms with E-state index >= 15 is 0 Å². The van der Waals surface area contributed by atoms with E-state index in [1.807, 2.05) is 42.1 Å². The summed E-state index contributed by atoms with van der Waals surface area (Å²) in [6.45, 7) is 1.93. The first-order valence-electron chi connectivity index (χ1n) is 9.66. The Balaban J connectivity index is 1.62. The molecule has 1 aliphatic rings. The Labute approximate surface area is 172 Å². The highest BCUT2D eigenvalue weighted by Crippen LogP contribution is 2.54. The van der Waals surface area contributed by atoms with Crippen LogP contribution in [-0.2, 0) is 5.54 Å². The maximum atomic E-state index is 9.43. The second-order valence-corrected chi connectivity index (χ2v) is 8.14. The second kappa shape index (κ2) is 6.50. The van der Waals surface area contributed by atoms with Crippen LogP contribution < -0.4 is 0 Å². The van der Waals surface area contributed by atoms with Crippen molar-refractivity contribution < 1.29 is 0 Å². The highest BCUT2D eigenvalue weighted by atomic mass is 15.3. The molecule has 4 heterocycles. The van der Waals surface area contributed by atoms with Crippen LogP contribution in [0.1, 0.15) is 26.2 Å². The molecular formula is C22H18N8. The quantitative estimate of drug-likeness (QED) is 0.562. The van der Waals surface area contributed by atoms with Crippen LogP contribution in [0.15, 0.2) is 49.1 Å². The molecule has 0 atom stereocenters. The maximum Gasteiger partial charge on any atom is 0.111 e. The lowest BCUT2D eigenvalue weighted by Crippen LogP contribution is -2.51. The van der Waals surface area contributed by atoms with Crippen LogP contribution in [0, 0.1) is 28.1 Å². The topological polar surface area (TPSA) is 120 Å². The molecule has 8 nitrogen and oxygen atoms in total. The molecule has 0 bridgehead atoms. The van der Waals surface area contributed by atoms with Crippen molar-refractivity contribution in [1.29, 1.82) is 10.5 Å². The summed E-state index contributed by atoms with van der Waals surface area (Å²) in [4.78, 5) is 9.35. The largest absolute Gasteiger partial charge is 0.285 e. The fraction of sp³-hybridized carbons (Fsp3) is 0.273. The first kappa shape index (κ1) is 18.0. The summed E-state index contributed by atoms with van der Waals surface area (Å²) in [6, 6.07) is 12.3. The Morgan fingerprint density at radius 3 is 2.83 bits per heavy atom. The van der Waals surface area contributed by atoms with Gasteiger partial charge in [-0.1, -0.05) is 0 Å². The van der Waals surface area contributed by atoms with E-state index in [1.54, 1.807) is 18.6 Å². The van der Waals surface area contributed by atoms with E-state index in [1.165, 1.54) is 0 Å². The lowest BCUT2D eigenvalue weighted by molar-refractivity contribution is 0.0200.